The van der Waals surface area contributed by atoms with E-state index in [1.807, 2.05) is 0 Å². The fourth-order valence-electron chi connectivity index (χ4n) is 0.750. The van der Waals surface area contributed by atoms with Crippen LogP contribution in [0.4, 0.5) is 0 Å². The molecular formula is C8H10O5. The highest BCUT2D eigenvalue weighted by Crippen LogP contribution is 2.15. The molecule has 0 aliphatic carbocycles. The quantitative estimate of drug-likeness (QED) is 0.663. The molecule has 0 saturated heterocycles. The SMILES string of the molecule is O=C(O)c1ccc(OCCCO)o1. The van der Waals surface area contributed by atoms with Crippen LogP contribution in [0.15, 0.2) is 16.5 Å². The van der Waals surface area contributed by atoms with Gasteiger partial charge in [0.1, 0.15) is 0 Å². The van der Waals surface area contributed by atoms with Crippen LogP contribution in [-0.2, 0) is 0 Å². The van der Waals surface area contributed by atoms with Crippen molar-refractivity contribution in [3.8, 4) is 5.95 Å². The fraction of sp³-hybridized carbons (Fsp3) is 0.375. The minimum atomic E-state index is -1.13. The first-order valence-electron chi connectivity index (χ1n) is 3.81. The minimum Gasteiger partial charge on any atom is -0.475 e. The zero-order chi connectivity index (χ0) is 9.68. The first-order chi connectivity index (χ1) is 6.24. The van der Waals surface area contributed by atoms with Crippen molar-refractivity contribution < 1.29 is 24.2 Å². The van der Waals surface area contributed by atoms with Crippen molar-refractivity contribution in [1.82, 2.24) is 0 Å². The molecular weight excluding hydrogens is 176 g/mol. The second-order valence-corrected chi connectivity index (χ2v) is 2.35. The Morgan fingerprint density at radius 2 is 2.31 bits per heavy atom. The summed E-state index contributed by atoms with van der Waals surface area (Å²) in [7, 11) is 0. The second-order valence-electron chi connectivity index (χ2n) is 2.35. The van der Waals surface area contributed by atoms with Gasteiger partial charge in [0, 0.05) is 19.1 Å². The van der Waals surface area contributed by atoms with Gasteiger partial charge in [0.2, 0.25) is 5.76 Å². The van der Waals surface area contributed by atoms with Crippen molar-refractivity contribution in [2.24, 2.45) is 0 Å². The second kappa shape index (κ2) is 4.51. The first-order valence-corrected chi connectivity index (χ1v) is 3.81. The number of rotatable bonds is 5. The molecule has 0 fully saturated rings. The lowest BCUT2D eigenvalue weighted by Crippen LogP contribution is -1.98. The molecule has 0 bridgehead atoms. The van der Waals surface area contributed by atoms with Crippen LogP contribution in [0.1, 0.15) is 17.0 Å². The van der Waals surface area contributed by atoms with Crippen LogP contribution < -0.4 is 4.74 Å². The number of carboxylic acids is 1. The summed E-state index contributed by atoms with van der Waals surface area (Å²) in [5.74, 6) is -1.12. The maximum atomic E-state index is 10.4. The summed E-state index contributed by atoms with van der Waals surface area (Å²) in [6, 6.07) is 2.75. The third-order valence-electron chi connectivity index (χ3n) is 1.34. The Kier molecular flexibility index (Phi) is 3.33. The molecule has 0 unspecified atom stereocenters. The van der Waals surface area contributed by atoms with E-state index < -0.39 is 5.97 Å². The number of aliphatic hydroxyl groups is 1. The van der Waals surface area contributed by atoms with Crippen molar-refractivity contribution in [3.63, 3.8) is 0 Å². The first kappa shape index (κ1) is 9.60. The molecule has 72 valence electrons. The third-order valence-corrected chi connectivity index (χ3v) is 1.34. The van der Waals surface area contributed by atoms with E-state index in [1.54, 1.807) is 0 Å². The Morgan fingerprint density at radius 1 is 1.54 bits per heavy atom. The van der Waals surface area contributed by atoms with E-state index in [0.29, 0.717) is 13.0 Å². The maximum Gasteiger partial charge on any atom is 0.371 e. The number of furan rings is 1. The summed E-state index contributed by atoms with van der Waals surface area (Å²) < 4.78 is 9.78. The summed E-state index contributed by atoms with van der Waals surface area (Å²) in [6.07, 6.45) is 0.489. The fourth-order valence-corrected chi connectivity index (χ4v) is 0.750. The normalized spacial score (nSPS) is 9.92. The van der Waals surface area contributed by atoms with Crippen LogP contribution >= 0.6 is 0 Å². The van der Waals surface area contributed by atoms with Crippen LogP contribution in [0.2, 0.25) is 0 Å². The molecule has 2 N–H and O–H groups in total. The Hall–Kier alpha value is -1.49. The van der Waals surface area contributed by atoms with E-state index in [0.717, 1.165) is 0 Å². The molecule has 13 heavy (non-hydrogen) atoms. The lowest BCUT2D eigenvalue weighted by molar-refractivity contribution is 0.0652. The van der Waals surface area contributed by atoms with Crippen LogP contribution in [0.5, 0.6) is 5.95 Å². The van der Waals surface area contributed by atoms with Crippen LogP contribution in [0, 0.1) is 0 Å². The van der Waals surface area contributed by atoms with E-state index in [9.17, 15) is 4.79 Å². The minimum absolute atomic E-state index is 0.0342. The van der Waals surface area contributed by atoms with Crippen molar-refractivity contribution in [3.05, 3.63) is 17.9 Å². The van der Waals surface area contributed by atoms with Gasteiger partial charge in [-0.2, -0.15) is 0 Å². The molecule has 1 heterocycles. The summed E-state index contributed by atoms with van der Waals surface area (Å²) in [6.45, 7) is 0.343. The number of aliphatic hydroxyl groups excluding tert-OH is 1. The van der Waals surface area contributed by atoms with Gasteiger partial charge in [-0.05, 0) is 6.07 Å². The Bertz CT molecular complexity index is 278. The topological polar surface area (TPSA) is 79.9 Å². The van der Waals surface area contributed by atoms with Gasteiger partial charge in [0.15, 0.2) is 0 Å². The number of ether oxygens (including phenoxy) is 1. The number of aromatic carboxylic acids is 1. The number of carboxylic acid groups (broad SMARTS) is 1. The molecule has 1 rings (SSSR count). The lowest BCUT2D eigenvalue weighted by atomic mass is 10.5. The molecule has 0 aromatic carbocycles. The average Bonchev–Trinajstić information content (AvgIpc) is 2.53. The number of hydrogen-bond acceptors (Lipinski definition) is 4. The average molecular weight is 186 g/mol. The molecule has 0 atom stereocenters. The van der Waals surface area contributed by atoms with E-state index in [-0.39, 0.29) is 18.3 Å². The van der Waals surface area contributed by atoms with Crippen molar-refractivity contribution in [1.29, 1.82) is 0 Å². The van der Waals surface area contributed by atoms with Gasteiger partial charge in [0.25, 0.3) is 5.95 Å². The summed E-state index contributed by atoms with van der Waals surface area (Å²) in [5, 5.41) is 16.9. The van der Waals surface area contributed by atoms with Crippen LogP contribution in [0.25, 0.3) is 0 Å². The van der Waals surface area contributed by atoms with Crippen LogP contribution in [0.3, 0.4) is 0 Å². The molecule has 0 saturated carbocycles. The van der Waals surface area contributed by atoms with E-state index in [1.165, 1.54) is 12.1 Å². The lowest BCUT2D eigenvalue weighted by Gasteiger charge is -1.98. The van der Waals surface area contributed by atoms with Gasteiger partial charge in [-0.1, -0.05) is 0 Å². The molecule has 0 aliphatic rings. The zero-order valence-electron chi connectivity index (χ0n) is 6.90. The molecule has 0 spiro atoms. The highest BCUT2D eigenvalue weighted by molar-refractivity contribution is 5.84. The standard InChI is InChI=1S/C8H10O5/c9-4-1-5-12-7-3-2-6(13-7)8(10)11/h2-3,9H,1,4-5H2,(H,10,11). The molecule has 0 amide bonds. The molecule has 0 radical (unpaired) electrons. The maximum absolute atomic E-state index is 10.4. The molecule has 0 aliphatic heterocycles. The Balaban J connectivity index is 2.44. The van der Waals surface area contributed by atoms with Crippen molar-refractivity contribution >= 4 is 5.97 Å². The van der Waals surface area contributed by atoms with Crippen molar-refractivity contribution in [2.75, 3.05) is 13.2 Å². The van der Waals surface area contributed by atoms with Crippen LogP contribution in [-0.4, -0.2) is 29.4 Å². The Morgan fingerprint density at radius 3 is 2.85 bits per heavy atom. The van der Waals surface area contributed by atoms with Gasteiger partial charge >= 0.3 is 5.97 Å². The predicted octanol–water partition coefficient (Wildman–Crippen LogP) is 0.739. The monoisotopic (exact) mass is 186 g/mol. The third kappa shape index (κ3) is 2.79. The predicted molar refractivity (Wildman–Crippen MR) is 42.9 cm³/mol. The van der Waals surface area contributed by atoms with E-state index in [2.05, 4.69) is 0 Å². The van der Waals surface area contributed by atoms with E-state index in [4.69, 9.17) is 19.4 Å². The van der Waals surface area contributed by atoms with Gasteiger partial charge in [-0.25, -0.2) is 4.79 Å². The Labute approximate surface area is 74.5 Å². The smallest absolute Gasteiger partial charge is 0.371 e. The number of carbonyl (C=O) groups is 1. The zero-order valence-corrected chi connectivity index (χ0v) is 6.90. The summed E-state index contributed by atoms with van der Waals surface area (Å²) in [5.41, 5.74) is 0. The van der Waals surface area contributed by atoms with E-state index >= 15 is 0 Å². The molecule has 5 nitrogen and oxygen atoms in total. The molecule has 1 aromatic rings. The largest absolute Gasteiger partial charge is 0.475 e. The summed E-state index contributed by atoms with van der Waals surface area (Å²) in [4.78, 5) is 10.4. The highest BCUT2D eigenvalue weighted by atomic mass is 16.6. The van der Waals surface area contributed by atoms with Crippen molar-refractivity contribution in [2.45, 2.75) is 6.42 Å². The summed E-state index contributed by atoms with van der Waals surface area (Å²) >= 11 is 0. The number of hydrogen-bond donors (Lipinski definition) is 2. The van der Waals surface area contributed by atoms with Gasteiger partial charge < -0.3 is 19.4 Å². The van der Waals surface area contributed by atoms with Gasteiger partial charge in [-0.15, -0.1) is 0 Å². The molecule has 5 heteroatoms. The highest BCUT2D eigenvalue weighted by Gasteiger charge is 2.08. The molecule has 1 aromatic heterocycles. The van der Waals surface area contributed by atoms with Gasteiger partial charge in [-0.3, -0.25) is 0 Å². The van der Waals surface area contributed by atoms with Gasteiger partial charge in [0.05, 0.1) is 6.61 Å².